The van der Waals surface area contributed by atoms with E-state index in [0.717, 1.165) is 22.9 Å². The van der Waals surface area contributed by atoms with E-state index < -0.39 is 0 Å². The maximum absolute atomic E-state index is 4.63. The van der Waals surface area contributed by atoms with Crippen LogP contribution in [0.4, 0.5) is 5.69 Å². The molecule has 110 valence electrons. The molecule has 1 aromatic carbocycles. The van der Waals surface area contributed by atoms with Gasteiger partial charge in [-0.05, 0) is 51.0 Å². The molecular weight excluding hydrogens is 346 g/mol. The fourth-order valence-electron chi connectivity index (χ4n) is 2.61. The molecule has 0 fully saturated rings. The number of nitrogens with one attached hydrogen (secondary N) is 1. The van der Waals surface area contributed by atoms with Crippen molar-refractivity contribution in [2.45, 2.75) is 34.2 Å². The summed E-state index contributed by atoms with van der Waals surface area (Å²) in [5.74, 6) is 0. The molecule has 3 nitrogen and oxygen atoms in total. The largest absolute Gasteiger partial charge is 0.379 e. The van der Waals surface area contributed by atoms with E-state index in [1.807, 2.05) is 0 Å². The van der Waals surface area contributed by atoms with E-state index in [4.69, 9.17) is 0 Å². The summed E-state index contributed by atoms with van der Waals surface area (Å²) in [5, 5.41) is 5.68. The molecule has 0 saturated carbocycles. The lowest BCUT2D eigenvalue weighted by Crippen LogP contribution is -2.05. The summed E-state index contributed by atoms with van der Waals surface area (Å²) in [7, 11) is 0. The van der Waals surface area contributed by atoms with Crippen LogP contribution < -0.4 is 5.32 Å². The second-order valence-electron chi connectivity index (χ2n) is 5.42. The van der Waals surface area contributed by atoms with Gasteiger partial charge in [0.2, 0.25) is 0 Å². The highest BCUT2D eigenvalue weighted by molar-refractivity contribution is 9.10. The Morgan fingerprint density at radius 2 is 1.86 bits per heavy atom. The number of hydrogen-bond donors (Lipinski definition) is 1. The summed E-state index contributed by atoms with van der Waals surface area (Å²) in [6.07, 6.45) is 0. The van der Waals surface area contributed by atoms with Gasteiger partial charge < -0.3 is 5.32 Å². The number of benzene rings is 1. The normalized spacial score (nSPS) is 11.3. The maximum atomic E-state index is 4.63. The smallest absolute Gasteiger partial charge is 0.194 e. The number of aromatic nitrogens is 2. The van der Waals surface area contributed by atoms with Crippen LogP contribution in [-0.4, -0.2) is 9.38 Å². The predicted molar refractivity (Wildman–Crippen MR) is 93.5 cm³/mol. The van der Waals surface area contributed by atoms with Crippen molar-refractivity contribution in [3.8, 4) is 0 Å². The minimum Gasteiger partial charge on any atom is -0.379 e. The van der Waals surface area contributed by atoms with Crippen molar-refractivity contribution in [3.05, 3.63) is 50.2 Å². The third kappa shape index (κ3) is 2.60. The number of hydrogen-bond acceptors (Lipinski definition) is 3. The predicted octanol–water partition coefficient (Wildman–Crippen LogP) is 5.00. The van der Waals surface area contributed by atoms with Gasteiger partial charge in [-0.2, -0.15) is 0 Å². The zero-order chi connectivity index (χ0) is 15.1. The first-order valence-electron chi connectivity index (χ1n) is 6.90. The Bertz CT molecular complexity index is 793. The molecule has 0 aliphatic carbocycles. The molecular formula is C16H18BrN3S. The second-order valence-corrected chi connectivity index (χ2v) is 7.05. The number of fused-ring (bicyclic) bond motifs is 1. The van der Waals surface area contributed by atoms with Gasteiger partial charge in [0.05, 0.1) is 17.9 Å². The van der Waals surface area contributed by atoms with E-state index in [1.165, 1.54) is 27.0 Å². The number of halogens is 1. The van der Waals surface area contributed by atoms with Crippen LogP contribution in [0.15, 0.2) is 22.0 Å². The standard InChI is InChI=1S/C16H18BrN3S/c1-9-5-13(6-10(2)15(9)17)18-7-14-12(4)19-16-20(14)11(3)8-21-16/h5-6,8,18H,7H2,1-4H3. The van der Waals surface area contributed by atoms with E-state index in [1.54, 1.807) is 11.3 Å². The molecule has 0 saturated heterocycles. The monoisotopic (exact) mass is 363 g/mol. The molecule has 0 spiro atoms. The number of anilines is 1. The van der Waals surface area contributed by atoms with Crippen LogP contribution in [0, 0.1) is 27.7 Å². The van der Waals surface area contributed by atoms with Crippen molar-refractivity contribution < 1.29 is 0 Å². The Labute approximate surface area is 137 Å². The Kier molecular flexibility index (Phi) is 3.80. The van der Waals surface area contributed by atoms with Gasteiger partial charge in [0.15, 0.2) is 4.96 Å². The van der Waals surface area contributed by atoms with Crippen molar-refractivity contribution in [2.75, 3.05) is 5.32 Å². The topological polar surface area (TPSA) is 29.3 Å². The zero-order valence-corrected chi connectivity index (χ0v) is 15.0. The fraction of sp³-hybridized carbons (Fsp3) is 0.312. The quantitative estimate of drug-likeness (QED) is 0.708. The van der Waals surface area contributed by atoms with Crippen LogP contribution in [0.5, 0.6) is 0 Å². The van der Waals surface area contributed by atoms with Crippen LogP contribution in [0.25, 0.3) is 4.96 Å². The Balaban J connectivity index is 1.90. The molecule has 5 heteroatoms. The highest BCUT2D eigenvalue weighted by Gasteiger charge is 2.12. The molecule has 0 unspecified atom stereocenters. The Morgan fingerprint density at radius 1 is 1.19 bits per heavy atom. The molecule has 0 radical (unpaired) electrons. The van der Waals surface area contributed by atoms with Gasteiger partial charge in [-0.3, -0.25) is 4.40 Å². The molecule has 0 amide bonds. The number of rotatable bonds is 3. The first-order chi connectivity index (χ1) is 9.97. The average Bonchev–Trinajstić information content (AvgIpc) is 2.93. The molecule has 21 heavy (non-hydrogen) atoms. The highest BCUT2D eigenvalue weighted by Crippen LogP contribution is 2.26. The minimum absolute atomic E-state index is 0.783. The second kappa shape index (κ2) is 5.46. The van der Waals surface area contributed by atoms with E-state index in [0.29, 0.717) is 0 Å². The molecule has 0 bridgehead atoms. The highest BCUT2D eigenvalue weighted by atomic mass is 79.9. The molecule has 3 aromatic rings. The molecule has 0 aliphatic rings. The summed E-state index contributed by atoms with van der Waals surface area (Å²) in [4.78, 5) is 5.70. The summed E-state index contributed by atoms with van der Waals surface area (Å²) < 4.78 is 3.43. The lowest BCUT2D eigenvalue weighted by atomic mass is 10.1. The molecule has 0 atom stereocenters. The maximum Gasteiger partial charge on any atom is 0.194 e. The van der Waals surface area contributed by atoms with Gasteiger partial charge in [0.25, 0.3) is 0 Å². The van der Waals surface area contributed by atoms with Gasteiger partial charge in [0, 0.05) is 21.2 Å². The first-order valence-corrected chi connectivity index (χ1v) is 8.57. The van der Waals surface area contributed by atoms with E-state index >= 15 is 0 Å². The van der Waals surface area contributed by atoms with Crippen molar-refractivity contribution in [2.24, 2.45) is 0 Å². The van der Waals surface area contributed by atoms with E-state index in [-0.39, 0.29) is 0 Å². The Morgan fingerprint density at radius 3 is 2.52 bits per heavy atom. The van der Waals surface area contributed by atoms with Gasteiger partial charge in [-0.1, -0.05) is 15.9 Å². The molecule has 1 N–H and O–H groups in total. The SMILES string of the molecule is Cc1cc(NCc2c(C)nc3scc(C)n23)cc(C)c1Br. The first kappa shape index (κ1) is 14.6. The molecule has 0 aliphatic heterocycles. The molecule has 2 aromatic heterocycles. The van der Waals surface area contributed by atoms with Gasteiger partial charge in [-0.15, -0.1) is 11.3 Å². The van der Waals surface area contributed by atoms with Gasteiger partial charge >= 0.3 is 0 Å². The summed E-state index contributed by atoms with van der Waals surface area (Å²) in [5.41, 5.74) is 7.23. The lowest BCUT2D eigenvalue weighted by Gasteiger charge is -2.11. The summed E-state index contributed by atoms with van der Waals surface area (Å²) in [6.45, 7) is 9.22. The molecule has 3 rings (SSSR count). The number of nitrogens with zero attached hydrogens (tertiary/aromatic N) is 2. The summed E-state index contributed by atoms with van der Waals surface area (Å²) >= 11 is 5.31. The third-order valence-electron chi connectivity index (χ3n) is 3.73. The number of aryl methyl sites for hydroxylation is 4. The number of imidazole rings is 1. The fourth-order valence-corrected chi connectivity index (χ4v) is 3.77. The third-order valence-corrected chi connectivity index (χ3v) is 5.92. The van der Waals surface area contributed by atoms with Crippen molar-refractivity contribution >= 4 is 37.9 Å². The Hall–Kier alpha value is -1.33. The van der Waals surface area contributed by atoms with Crippen LogP contribution in [0.1, 0.15) is 28.2 Å². The van der Waals surface area contributed by atoms with Crippen LogP contribution in [-0.2, 0) is 6.54 Å². The zero-order valence-electron chi connectivity index (χ0n) is 12.6. The van der Waals surface area contributed by atoms with Crippen LogP contribution in [0.2, 0.25) is 0 Å². The molecule has 2 heterocycles. The van der Waals surface area contributed by atoms with Crippen molar-refractivity contribution in [3.63, 3.8) is 0 Å². The lowest BCUT2D eigenvalue weighted by molar-refractivity contribution is 0.965. The minimum atomic E-state index is 0.783. The van der Waals surface area contributed by atoms with Crippen molar-refractivity contribution in [1.82, 2.24) is 9.38 Å². The van der Waals surface area contributed by atoms with E-state index in [9.17, 15) is 0 Å². The van der Waals surface area contributed by atoms with Crippen molar-refractivity contribution in [1.29, 1.82) is 0 Å². The van der Waals surface area contributed by atoms with Crippen LogP contribution in [0.3, 0.4) is 0 Å². The summed E-state index contributed by atoms with van der Waals surface area (Å²) in [6, 6.07) is 4.34. The average molecular weight is 364 g/mol. The van der Waals surface area contributed by atoms with Gasteiger partial charge in [-0.25, -0.2) is 4.98 Å². The number of thiazole rings is 1. The van der Waals surface area contributed by atoms with E-state index in [2.05, 4.69) is 75.8 Å². The van der Waals surface area contributed by atoms with Gasteiger partial charge in [0.1, 0.15) is 0 Å². The van der Waals surface area contributed by atoms with Crippen LogP contribution >= 0.6 is 27.3 Å².